The molecular formula is C15H33N3. The van der Waals surface area contributed by atoms with Crippen LogP contribution in [0.25, 0.3) is 0 Å². The first-order chi connectivity index (χ1) is 8.93. The fraction of sp³-hybridized carbons (Fsp3) is 1.00. The average Bonchev–Trinajstić information content (AvgIpc) is 2.42. The highest BCUT2D eigenvalue weighted by atomic mass is 15.7. The first-order valence-corrected chi connectivity index (χ1v) is 8.17. The fourth-order valence-electron chi connectivity index (χ4n) is 2.54. The van der Waals surface area contributed by atoms with Gasteiger partial charge in [0, 0.05) is 19.6 Å². The third-order valence-electron chi connectivity index (χ3n) is 3.75. The lowest BCUT2D eigenvalue weighted by atomic mass is 10.1. The third-order valence-corrected chi connectivity index (χ3v) is 3.75. The molecule has 0 bridgehead atoms. The second-order valence-electron chi connectivity index (χ2n) is 5.56. The Kier molecular flexibility index (Phi) is 10.6. The lowest BCUT2D eigenvalue weighted by molar-refractivity contribution is 0.114. The minimum Gasteiger partial charge on any atom is -0.244 e. The fourth-order valence-corrected chi connectivity index (χ4v) is 2.54. The molecule has 1 aliphatic heterocycles. The van der Waals surface area contributed by atoms with Crippen molar-refractivity contribution in [2.75, 3.05) is 19.6 Å². The maximum Gasteiger partial charge on any atom is 0.0156 e. The third kappa shape index (κ3) is 8.90. The monoisotopic (exact) mass is 255 g/mol. The van der Waals surface area contributed by atoms with Gasteiger partial charge in [-0.3, -0.25) is 0 Å². The minimum absolute atomic E-state index is 1.11. The van der Waals surface area contributed by atoms with Gasteiger partial charge in [-0.2, -0.15) is 5.53 Å². The van der Waals surface area contributed by atoms with Gasteiger partial charge in [-0.25, -0.2) is 10.4 Å². The van der Waals surface area contributed by atoms with E-state index in [0.717, 1.165) is 6.54 Å². The van der Waals surface area contributed by atoms with Crippen LogP contribution in [0.5, 0.6) is 0 Å². The molecule has 0 unspecified atom stereocenters. The highest BCUT2D eigenvalue weighted by Crippen LogP contribution is 2.10. The molecular weight excluding hydrogens is 222 g/mol. The molecule has 0 aromatic rings. The SMILES string of the molecule is CCCCCCCCCCCCN1CCCNN1. The molecule has 108 valence electrons. The lowest BCUT2D eigenvalue weighted by Crippen LogP contribution is -2.52. The smallest absolute Gasteiger partial charge is 0.0156 e. The number of nitrogens with one attached hydrogen (secondary N) is 2. The second kappa shape index (κ2) is 11.9. The van der Waals surface area contributed by atoms with Crippen molar-refractivity contribution in [3.8, 4) is 0 Å². The van der Waals surface area contributed by atoms with Crippen LogP contribution < -0.4 is 11.0 Å². The van der Waals surface area contributed by atoms with Gasteiger partial charge < -0.3 is 0 Å². The molecule has 0 aliphatic carbocycles. The van der Waals surface area contributed by atoms with Crippen molar-refractivity contribution in [1.29, 1.82) is 0 Å². The van der Waals surface area contributed by atoms with Crippen LogP contribution in [0.2, 0.25) is 0 Å². The minimum atomic E-state index is 1.11. The molecule has 3 heteroatoms. The number of nitrogens with zero attached hydrogens (tertiary/aromatic N) is 1. The summed E-state index contributed by atoms with van der Waals surface area (Å²) in [6, 6.07) is 0. The first kappa shape index (κ1) is 15.9. The standard InChI is InChI=1S/C15H33N3/c1-2-3-4-5-6-7-8-9-10-11-14-18-15-12-13-16-17-18/h16-17H,2-15H2,1H3. The van der Waals surface area contributed by atoms with Crippen LogP contribution in [0.15, 0.2) is 0 Å². The van der Waals surface area contributed by atoms with Gasteiger partial charge in [-0.1, -0.05) is 64.7 Å². The van der Waals surface area contributed by atoms with Crippen LogP contribution in [0, 0.1) is 0 Å². The summed E-state index contributed by atoms with van der Waals surface area (Å²) >= 11 is 0. The highest BCUT2D eigenvalue weighted by molar-refractivity contribution is 4.58. The van der Waals surface area contributed by atoms with Crippen molar-refractivity contribution in [2.24, 2.45) is 0 Å². The Morgan fingerprint density at radius 3 is 2.00 bits per heavy atom. The molecule has 0 aromatic carbocycles. The zero-order chi connectivity index (χ0) is 12.9. The number of hydrazine groups is 2. The maximum atomic E-state index is 3.23. The van der Waals surface area contributed by atoms with E-state index in [1.54, 1.807) is 0 Å². The summed E-state index contributed by atoms with van der Waals surface area (Å²) in [5.74, 6) is 0. The molecule has 18 heavy (non-hydrogen) atoms. The van der Waals surface area contributed by atoms with E-state index in [1.165, 1.54) is 83.7 Å². The first-order valence-electron chi connectivity index (χ1n) is 8.17. The summed E-state index contributed by atoms with van der Waals surface area (Å²) in [5, 5.41) is 2.31. The molecule has 0 atom stereocenters. The number of hydrogen-bond donors (Lipinski definition) is 2. The van der Waals surface area contributed by atoms with Crippen LogP contribution in [0.1, 0.15) is 77.6 Å². The van der Waals surface area contributed by atoms with Crippen LogP contribution in [0.3, 0.4) is 0 Å². The molecule has 3 nitrogen and oxygen atoms in total. The number of hydrogen-bond acceptors (Lipinski definition) is 3. The van der Waals surface area contributed by atoms with E-state index in [-0.39, 0.29) is 0 Å². The molecule has 1 saturated heterocycles. The quantitative estimate of drug-likeness (QED) is 0.552. The Bertz CT molecular complexity index is 167. The summed E-state index contributed by atoms with van der Waals surface area (Å²) in [6.07, 6.45) is 15.5. The molecule has 2 N–H and O–H groups in total. The summed E-state index contributed by atoms with van der Waals surface area (Å²) in [4.78, 5) is 0. The van der Waals surface area contributed by atoms with Gasteiger partial charge >= 0.3 is 0 Å². The number of unbranched alkanes of at least 4 members (excludes halogenated alkanes) is 9. The van der Waals surface area contributed by atoms with E-state index in [1.807, 2.05) is 0 Å². The Labute approximate surface area is 114 Å². The molecule has 1 fully saturated rings. The van der Waals surface area contributed by atoms with Crippen molar-refractivity contribution in [2.45, 2.75) is 77.6 Å². The molecule has 1 rings (SSSR count). The zero-order valence-corrected chi connectivity index (χ0v) is 12.3. The highest BCUT2D eigenvalue weighted by Gasteiger charge is 2.07. The topological polar surface area (TPSA) is 27.3 Å². The Balaban J connectivity index is 1.73. The van der Waals surface area contributed by atoms with Crippen LogP contribution in [0.4, 0.5) is 0 Å². The van der Waals surface area contributed by atoms with Crippen molar-refractivity contribution >= 4 is 0 Å². The van der Waals surface area contributed by atoms with Gasteiger partial charge in [-0.15, -0.1) is 0 Å². The summed E-state index contributed by atoms with van der Waals surface area (Å²) in [5.41, 5.74) is 6.43. The Morgan fingerprint density at radius 1 is 0.833 bits per heavy atom. The van der Waals surface area contributed by atoms with Crippen molar-refractivity contribution in [1.82, 2.24) is 16.0 Å². The van der Waals surface area contributed by atoms with E-state index in [2.05, 4.69) is 22.9 Å². The molecule has 0 radical (unpaired) electrons. The normalized spacial score (nSPS) is 17.2. The van der Waals surface area contributed by atoms with Crippen LogP contribution >= 0.6 is 0 Å². The van der Waals surface area contributed by atoms with Crippen molar-refractivity contribution in [3.05, 3.63) is 0 Å². The van der Waals surface area contributed by atoms with Gasteiger partial charge in [0.1, 0.15) is 0 Å². The molecule has 0 spiro atoms. The second-order valence-corrected chi connectivity index (χ2v) is 5.56. The van der Waals surface area contributed by atoms with Gasteiger partial charge in [0.05, 0.1) is 0 Å². The summed E-state index contributed by atoms with van der Waals surface area (Å²) < 4.78 is 0. The van der Waals surface area contributed by atoms with Gasteiger partial charge in [0.15, 0.2) is 0 Å². The van der Waals surface area contributed by atoms with E-state index in [0.29, 0.717) is 0 Å². The van der Waals surface area contributed by atoms with Gasteiger partial charge in [0.2, 0.25) is 0 Å². The molecule has 0 aromatic heterocycles. The zero-order valence-electron chi connectivity index (χ0n) is 12.3. The van der Waals surface area contributed by atoms with Crippen LogP contribution in [-0.4, -0.2) is 24.6 Å². The predicted octanol–water partition coefficient (Wildman–Crippen LogP) is 3.62. The lowest BCUT2D eigenvalue weighted by Gasteiger charge is -2.27. The van der Waals surface area contributed by atoms with E-state index in [9.17, 15) is 0 Å². The molecule has 1 aliphatic rings. The van der Waals surface area contributed by atoms with Gasteiger partial charge in [0.25, 0.3) is 0 Å². The average molecular weight is 255 g/mol. The van der Waals surface area contributed by atoms with E-state index < -0.39 is 0 Å². The number of rotatable bonds is 11. The maximum absolute atomic E-state index is 3.23. The Morgan fingerprint density at radius 2 is 1.44 bits per heavy atom. The van der Waals surface area contributed by atoms with Crippen molar-refractivity contribution < 1.29 is 0 Å². The van der Waals surface area contributed by atoms with Crippen molar-refractivity contribution in [3.63, 3.8) is 0 Å². The summed E-state index contributed by atoms with van der Waals surface area (Å²) in [6.45, 7) is 5.79. The molecule has 1 heterocycles. The van der Waals surface area contributed by atoms with E-state index in [4.69, 9.17) is 0 Å². The Hall–Kier alpha value is -0.120. The summed E-state index contributed by atoms with van der Waals surface area (Å²) in [7, 11) is 0. The molecule has 0 saturated carbocycles. The predicted molar refractivity (Wildman–Crippen MR) is 79.2 cm³/mol. The van der Waals surface area contributed by atoms with Gasteiger partial charge in [-0.05, 0) is 12.8 Å². The van der Waals surface area contributed by atoms with Crippen LogP contribution in [-0.2, 0) is 0 Å². The largest absolute Gasteiger partial charge is 0.244 e. The van der Waals surface area contributed by atoms with E-state index >= 15 is 0 Å². The molecule has 0 amide bonds.